The number of benzene rings is 1. The number of hydrogen-bond donors (Lipinski definition) is 2. The first-order chi connectivity index (χ1) is 16.3. The van der Waals surface area contributed by atoms with E-state index in [0.29, 0.717) is 62.8 Å². The van der Waals surface area contributed by atoms with Gasteiger partial charge in [0, 0.05) is 37.3 Å². The van der Waals surface area contributed by atoms with E-state index in [1.54, 1.807) is 6.07 Å². The minimum Gasteiger partial charge on any atom is -0.494 e. The number of aryl methyl sites for hydroxylation is 1. The number of aromatic nitrogens is 2. The van der Waals surface area contributed by atoms with Crippen molar-refractivity contribution >= 4 is 5.91 Å². The molecule has 8 nitrogen and oxygen atoms in total. The Kier molecular flexibility index (Phi) is 9.50. The molecule has 1 aromatic carbocycles. The van der Waals surface area contributed by atoms with Gasteiger partial charge in [-0.3, -0.25) is 9.48 Å². The highest BCUT2D eigenvalue weighted by Crippen LogP contribution is 2.27. The van der Waals surface area contributed by atoms with Crippen molar-refractivity contribution in [2.24, 2.45) is 5.41 Å². The summed E-state index contributed by atoms with van der Waals surface area (Å²) in [5.74, 6) is 0.646. The molecule has 0 fully saturated rings. The second-order valence-corrected chi connectivity index (χ2v) is 9.44. The highest BCUT2D eigenvalue weighted by Gasteiger charge is 2.28. The number of hydrogen-bond acceptors (Lipinski definition) is 6. The highest BCUT2D eigenvalue weighted by atomic mass is 16.6. The van der Waals surface area contributed by atoms with Crippen molar-refractivity contribution < 1.29 is 24.1 Å². The first kappa shape index (κ1) is 26.2. The summed E-state index contributed by atoms with van der Waals surface area (Å²) in [4.78, 5) is 13.0. The molecule has 1 amide bonds. The van der Waals surface area contributed by atoms with Gasteiger partial charge in [0.2, 0.25) is 0 Å². The lowest BCUT2D eigenvalue weighted by Gasteiger charge is -2.27. The van der Waals surface area contributed by atoms with E-state index in [1.807, 2.05) is 36.7 Å². The standard InChI is InChI=1S/C26H39N3O5/c1-5-21-23-22(12-8-14-32-15-9-13-27-24(23)30)29(28-21)17-26(3,4)18-34-25(31)19-10-7-11-20(16-19)33-6-2/h7,10-11,16,25,31H,5-6,8-9,12-15,17-18H2,1-4H3,(H,27,30). The fourth-order valence-electron chi connectivity index (χ4n) is 4.13. The molecular weight excluding hydrogens is 434 g/mol. The largest absolute Gasteiger partial charge is 0.494 e. The van der Waals surface area contributed by atoms with Crippen LogP contribution in [-0.2, 0) is 28.9 Å². The Morgan fingerprint density at radius 1 is 1.26 bits per heavy atom. The zero-order valence-electron chi connectivity index (χ0n) is 20.9. The number of carbonyl (C=O) groups is 1. The van der Waals surface area contributed by atoms with Crippen LogP contribution in [0.2, 0.25) is 0 Å². The average Bonchev–Trinajstić information content (AvgIpc) is 3.13. The third-order valence-electron chi connectivity index (χ3n) is 5.81. The van der Waals surface area contributed by atoms with Crippen molar-refractivity contribution in [3.8, 4) is 5.75 Å². The SMILES string of the molecule is CCOc1cccc(C(O)OCC(C)(C)Cn2nc(CC)c3c2CCCOCCCNC3=O)c1. The highest BCUT2D eigenvalue weighted by molar-refractivity contribution is 5.96. The number of fused-ring (bicyclic) bond motifs is 1. The van der Waals surface area contributed by atoms with Crippen molar-refractivity contribution in [1.82, 2.24) is 15.1 Å². The molecule has 34 heavy (non-hydrogen) atoms. The van der Waals surface area contributed by atoms with E-state index in [2.05, 4.69) is 19.2 Å². The van der Waals surface area contributed by atoms with Crippen LogP contribution < -0.4 is 10.1 Å². The topological polar surface area (TPSA) is 94.8 Å². The maximum absolute atomic E-state index is 13.0. The summed E-state index contributed by atoms with van der Waals surface area (Å²) in [5.41, 5.74) is 2.78. The number of nitrogens with one attached hydrogen (secondary N) is 1. The second kappa shape index (κ2) is 12.3. The van der Waals surface area contributed by atoms with Gasteiger partial charge in [-0.2, -0.15) is 5.10 Å². The van der Waals surface area contributed by atoms with Crippen molar-refractivity contribution in [2.45, 2.75) is 66.2 Å². The number of rotatable bonds is 9. The fraction of sp³-hybridized carbons (Fsp3) is 0.615. The molecule has 1 aromatic heterocycles. The summed E-state index contributed by atoms with van der Waals surface area (Å²) < 4.78 is 19.0. The predicted octanol–water partition coefficient (Wildman–Crippen LogP) is 3.66. The van der Waals surface area contributed by atoms with Crippen LogP contribution in [0.3, 0.4) is 0 Å². The van der Waals surface area contributed by atoms with Gasteiger partial charge in [0.05, 0.1) is 30.2 Å². The summed E-state index contributed by atoms with van der Waals surface area (Å²) in [6.45, 7) is 11.5. The molecule has 0 spiro atoms. The van der Waals surface area contributed by atoms with Crippen molar-refractivity contribution in [3.63, 3.8) is 0 Å². The van der Waals surface area contributed by atoms with E-state index in [0.717, 1.165) is 30.7 Å². The van der Waals surface area contributed by atoms with Crippen LogP contribution in [-0.4, -0.2) is 53.8 Å². The molecule has 8 heteroatoms. The summed E-state index contributed by atoms with van der Waals surface area (Å²) in [6.07, 6.45) is 1.99. The van der Waals surface area contributed by atoms with Crippen molar-refractivity contribution in [2.75, 3.05) is 33.0 Å². The summed E-state index contributed by atoms with van der Waals surface area (Å²) >= 11 is 0. The number of aliphatic hydroxyl groups is 1. The summed E-state index contributed by atoms with van der Waals surface area (Å²) in [7, 11) is 0. The Balaban J connectivity index is 1.74. The van der Waals surface area contributed by atoms with Gasteiger partial charge < -0.3 is 24.6 Å². The van der Waals surface area contributed by atoms with Gasteiger partial charge >= 0.3 is 0 Å². The molecule has 1 atom stereocenters. The lowest BCUT2D eigenvalue weighted by molar-refractivity contribution is -0.127. The van der Waals surface area contributed by atoms with Crippen molar-refractivity contribution in [3.05, 3.63) is 46.8 Å². The van der Waals surface area contributed by atoms with Crippen LogP contribution in [0, 0.1) is 5.41 Å². The van der Waals surface area contributed by atoms with Crippen LogP contribution in [0.4, 0.5) is 0 Å². The minimum atomic E-state index is -1.05. The molecule has 1 aliphatic heterocycles. The second-order valence-electron chi connectivity index (χ2n) is 9.44. The van der Waals surface area contributed by atoms with Gasteiger partial charge in [-0.05, 0) is 44.7 Å². The molecule has 3 rings (SSSR count). The number of carbonyl (C=O) groups excluding carboxylic acids is 1. The van der Waals surface area contributed by atoms with Crippen molar-refractivity contribution in [1.29, 1.82) is 0 Å². The lowest BCUT2D eigenvalue weighted by Crippen LogP contribution is -2.29. The Hall–Kier alpha value is -2.42. The molecule has 0 aliphatic carbocycles. The third-order valence-corrected chi connectivity index (χ3v) is 5.81. The van der Waals surface area contributed by atoms with Crippen LogP contribution in [0.15, 0.2) is 24.3 Å². The van der Waals surface area contributed by atoms with Gasteiger partial charge in [0.25, 0.3) is 5.91 Å². The first-order valence-corrected chi connectivity index (χ1v) is 12.3. The van der Waals surface area contributed by atoms with Gasteiger partial charge in [-0.1, -0.05) is 32.9 Å². The molecular formula is C26H39N3O5. The molecule has 1 unspecified atom stereocenters. The minimum absolute atomic E-state index is 0.0568. The molecule has 0 radical (unpaired) electrons. The van der Waals surface area contributed by atoms with E-state index in [1.165, 1.54) is 0 Å². The number of nitrogens with zero attached hydrogens (tertiary/aromatic N) is 2. The van der Waals surface area contributed by atoms with Gasteiger partial charge in [0.15, 0.2) is 6.29 Å². The van der Waals surface area contributed by atoms with Gasteiger partial charge in [-0.25, -0.2) is 0 Å². The zero-order chi connectivity index (χ0) is 24.6. The molecule has 2 aromatic rings. The fourth-order valence-corrected chi connectivity index (χ4v) is 4.13. The number of aliphatic hydroxyl groups excluding tert-OH is 1. The Labute approximate surface area is 202 Å². The van der Waals surface area contributed by atoms with Crippen LogP contribution >= 0.6 is 0 Å². The number of ether oxygens (including phenoxy) is 3. The van der Waals surface area contributed by atoms with Gasteiger partial charge in [-0.15, -0.1) is 0 Å². The van der Waals surface area contributed by atoms with Crippen LogP contribution in [0.5, 0.6) is 5.75 Å². The van der Waals surface area contributed by atoms with E-state index in [9.17, 15) is 9.90 Å². The molecule has 0 saturated heterocycles. The smallest absolute Gasteiger partial charge is 0.255 e. The first-order valence-electron chi connectivity index (χ1n) is 12.3. The normalized spacial score (nSPS) is 16.3. The van der Waals surface area contributed by atoms with E-state index in [4.69, 9.17) is 19.3 Å². The molecule has 0 bridgehead atoms. The van der Waals surface area contributed by atoms with Crippen LogP contribution in [0.25, 0.3) is 0 Å². The maximum Gasteiger partial charge on any atom is 0.255 e. The Morgan fingerprint density at radius 3 is 2.82 bits per heavy atom. The van der Waals surface area contributed by atoms with Gasteiger partial charge in [0.1, 0.15) is 5.75 Å². The Morgan fingerprint density at radius 2 is 2.06 bits per heavy atom. The van der Waals surface area contributed by atoms with E-state index in [-0.39, 0.29) is 11.3 Å². The monoisotopic (exact) mass is 473 g/mol. The zero-order valence-corrected chi connectivity index (χ0v) is 20.9. The number of amides is 1. The maximum atomic E-state index is 13.0. The lowest BCUT2D eigenvalue weighted by atomic mass is 9.94. The summed E-state index contributed by atoms with van der Waals surface area (Å²) in [6, 6.07) is 7.31. The predicted molar refractivity (Wildman–Crippen MR) is 130 cm³/mol. The van der Waals surface area contributed by atoms with E-state index < -0.39 is 6.29 Å². The third kappa shape index (κ3) is 7.04. The quantitative estimate of drug-likeness (QED) is 0.540. The molecule has 0 saturated carbocycles. The molecule has 2 N–H and O–H groups in total. The summed E-state index contributed by atoms with van der Waals surface area (Å²) in [5, 5.41) is 18.4. The molecule has 188 valence electrons. The van der Waals surface area contributed by atoms with E-state index >= 15 is 0 Å². The average molecular weight is 474 g/mol. The van der Waals surface area contributed by atoms with Crippen LogP contribution in [0.1, 0.15) is 74.1 Å². The Bertz CT molecular complexity index is 941. The molecule has 1 aliphatic rings. The molecule has 2 heterocycles.